The summed E-state index contributed by atoms with van der Waals surface area (Å²) in [4.78, 5) is 29.9. The molecule has 0 heterocycles. The predicted octanol–water partition coefficient (Wildman–Crippen LogP) is -0.0917. The molecule has 0 fully saturated rings. The molecule has 0 aliphatic carbocycles. The van der Waals surface area contributed by atoms with Crippen LogP contribution in [0.25, 0.3) is 0 Å². The quantitative estimate of drug-likeness (QED) is 0.391. The summed E-state index contributed by atoms with van der Waals surface area (Å²) in [7, 11) is 12.6. The lowest BCUT2D eigenvalue weighted by atomic mass is 10.3. The van der Waals surface area contributed by atoms with Gasteiger partial charge in [0.25, 0.3) is 0 Å². The summed E-state index contributed by atoms with van der Waals surface area (Å²) in [5, 5.41) is 16.6. The Balaban J connectivity index is -0.0000000668. The Bertz CT molecular complexity index is 423. The van der Waals surface area contributed by atoms with Crippen LogP contribution >= 0.6 is 7.82 Å². The van der Waals surface area contributed by atoms with Gasteiger partial charge in [-0.05, 0) is 0 Å². The van der Waals surface area contributed by atoms with Gasteiger partial charge in [-0.3, -0.25) is 0 Å². The molecule has 0 atom stereocenters. The molecule has 10 nitrogen and oxygen atoms in total. The average molecular weight is 450 g/mol. The van der Waals surface area contributed by atoms with E-state index >= 15 is 0 Å². The lowest BCUT2D eigenvalue weighted by Crippen LogP contribution is -2.39. The van der Waals surface area contributed by atoms with Crippen LogP contribution in [0, 0.1) is 0 Å². The minimum atomic E-state index is -4.76. The number of aliphatic hydroxyl groups excluding tert-OH is 1. The van der Waals surface area contributed by atoms with Gasteiger partial charge >= 0.3 is 5.97 Å². The van der Waals surface area contributed by atoms with Crippen molar-refractivity contribution >= 4 is 13.8 Å². The number of hydrogen-bond donors (Lipinski definition) is 2. The first kappa shape index (κ1) is 42.5. The van der Waals surface area contributed by atoms with E-state index in [-0.39, 0.29) is 42.0 Å². The van der Waals surface area contributed by atoms with Crippen molar-refractivity contribution in [2.45, 2.75) is 22.3 Å². The lowest BCUT2D eigenvalue weighted by molar-refractivity contribution is -0.870. The molecule has 0 unspecified atom stereocenters. The van der Waals surface area contributed by atoms with Crippen LogP contribution in [0.3, 0.4) is 0 Å². The highest BCUT2D eigenvalue weighted by atomic mass is 31.2. The van der Waals surface area contributed by atoms with Gasteiger partial charge in [0.1, 0.15) is 19.7 Å². The first-order valence-electron chi connectivity index (χ1n) is 8.09. The fraction of sp³-hybridized carbons (Fsp3) is 0.944. The molecule has 0 aromatic rings. The summed E-state index contributed by atoms with van der Waals surface area (Å²) in [5.74, 6) is -0.752. The summed E-state index contributed by atoms with van der Waals surface area (Å²) < 4.78 is 15.9. The third kappa shape index (κ3) is 65.7. The summed E-state index contributed by atoms with van der Waals surface area (Å²) in [6, 6.07) is 0. The second-order valence-electron chi connectivity index (χ2n) is 8.87. The van der Waals surface area contributed by atoms with Gasteiger partial charge in [-0.25, -0.2) is 4.79 Å². The highest BCUT2D eigenvalue weighted by Gasteiger charge is 2.11. The molecule has 0 bridgehead atoms. The second kappa shape index (κ2) is 18.2. The van der Waals surface area contributed by atoms with E-state index in [0.717, 1.165) is 11.0 Å². The van der Waals surface area contributed by atoms with Crippen LogP contribution in [0.2, 0.25) is 0 Å². The SMILES string of the molecule is C.C.C.C[N+](C)([11CH3])CC(=O)O.C[N+](C)([11CH3])CCO.C[N+](C)([11CH3])CCOP(=O)([O-])[O-]. The Morgan fingerprint density at radius 2 is 1.17 bits per heavy atom. The first-order chi connectivity index (χ1) is 11.2. The number of aliphatic hydroxyl groups is 1. The number of hydrogen-bond acceptors (Lipinski definition) is 6. The van der Waals surface area contributed by atoms with E-state index in [0.29, 0.717) is 15.5 Å². The fourth-order valence-electron chi connectivity index (χ4n) is 1.13. The Morgan fingerprint density at radius 1 is 0.828 bits per heavy atom. The standard InChI is InChI=1S/C5H14NO4P.C5H11NO2.C5H14NO.3CH4/c1-6(2,3)4-5-10-11(7,8)9;1-6(2,3)4-5(7)8;1-6(2,3)4-5-7;;;/h4-5H2,1-3H3,(H-,7,8,9);4H2,1-3H3;7H,4-5H2,1-3H3;3*1H4/q;;+1;;;/i3*1-1;;;. The summed E-state index contributed by atoms with van der Waals surface area (Å²) >= 11 is 0. The molecule has 2 N–H and O–H groups in total. The molecule has 0 aliphatic heterocycles. The molecule has 11 heteroatoms. The van der Waals surface area contributed by atoms with Gasteiger partial charge in [-0.1, -0.05) is 22.3 Å². The predicted molar refractivity (Wildman–Crippen MR) is 117 cm³/mol. The number of aliphatic carboxylic acids is 1. The molecule has 0 radical (unpaired) electrons. The van der Waals surface area contributed by atoms with Crippen LogP contribution in [-0.2, 0) is 13.9 Å². The molecule has 0 rings (SSSR count). The molecule has 0 spiro atoms. The van der Waals surface area contributed by atoms with Crippen LogP contribution in [0.5, 0.6) is 0 Å². The molecule has 0 aromatic carbocycles. The summed E-state index contributed by atoms with van der Waals surface area (Å²) in [6.45, 7) is 1.74. The zero-order valence-corrected chi connectivity index (χ0v) is 18.7. The van der Waals surface area contributed by atoms with Gasteiger partial charge < -0.3 is 42.5 Å². The average Bonchev–Trinajstić information content (AvgIpc) is 2.20. The van der Waals surface area contributed by atoms with Crippen LogP contribution in [0.4, 0.5) is 0 Å². The maximum atomic E-state index is 10.00. The highest BCUT2D eigenvalue weighted by molar-refractivity contribution is 7.43. The zero-order valence-electron chi connectivity index (χ0n) is 17.8. The van der Waals surface area contributed by atoms with E-state index in [2.05, 4.69) is 25.7 Å². The van der Waals surface area contributed by atoms with Gasteiger partial charge in [0.15, 0.2) is 6.54 Å². The van der Waals surface area contributed by atoms with Crippen LogP contribution in [0.1, 0.15) is 22.3 Å². The molecule has 0 saturated heterocycles. The number of rotatable bonds is 8. The van der Waals surface area contributed by atoms with E-state index in [9.17, 15) is 19.1 Å². The van der Waals surface area contributed by atoms with Crippen molar-refractivity contribution in [2.24, 2.45) is 0 Å². The monoisotopic (exact) mass is 449 g/mol. The van der Waals surface area contributed by atoms with Crippen molar-refractivity contribution in [3.05, 3.63) is 0 Å². The lowest BCUT2D eigenvalue weighted by Gasteiger charge is -2.31. The molecular formula is C18H51N3O7P+. The minimum Gasteiger partial charge on any atom is -0.790 e. The van der Waals surface area contributed by atoms with E-state index in [1.807, 2.05) is 42.3 Å². The second-order valence-corrected chi connectivity index (χ2v) is 10.0. The molecule has 0 amide bonds. The number of carbonyl (C=O) groups is 1. The van der Waals surface area contributed by atoms with Gasteiger partial charge in [-0.2, -0.15) is 0 Å². The minimum absolute atomic E-state index is 0. The van der Waals surface area contributed by atoms with Gasteiger partial charge in [0, 0.05) is 0 Å². The molecule has 0 aromatic heterocycles. The number of carboxylic acids is 1. The maximum Gasteiger partial charge on any atom is 0.359 e. The molecule has 29 heavy (non-hydrogen) atoms. The molecule has 0 saturated carbocycles. The summed E-state index contributed by atoms with van der Waals surface area (Å²) in [6.07, 6.45) is 0. The van der Waals surface area contributed by atoms with Crippen molar-refractivity contribution in [3.63, 3.8) is 0 Å². The van der Waals surface area contributed by atoms with Crippen molar-refractivity contribution in [2.75, 3.05) is 96.3 Å². The number of quaternary nitrogens is 3. The number of nitrogens with zero attached hydrogens (tertiary/aromatic N) is 3. The normalized spacial score (nSPS) is 11.2. The van der Waals surface area contributed by atoms with E-state index in [1.165, 1.54) is 0 Å². The topological polar surface area (TPSA) is 130 Å². The highest BCUT2D eigenvalue weighted by Crippen LogP contribution is 2.23. The van der Waals surface area contributed by atoms with Crippen LogP contribution in [-0.4, -0.2) is 126 Å². The first-order valence-corrected chi connectivity index (χ1v) is 9.55. The third-order valence-electron chi connectivity index (χ3n) is 2.39. The summed E-state index contributed by atoms with van der Waals surface area (Å²) in [5.41, 5.74) is 0. The van der Waals surface area contributed by atoms with Crippen molar-refractivity contribution in [1.82, 2.24) is 0 Å². The van der Waals surface area contributed by atoms with Crippen LogP contribution in [0.15, 0.2) is 0 Å². The Kier molecular flexibility index (Phi) is 26.7. The van der Waals surface area contributed by atoms with Crippen molar-refractivity contribution in [3.8, 4) is 0 Å². The Morgan fingerprint density at radius 3 is 1.28 bits per heavy atom. The smallest absolute Gasteiger partial charge is 0.359 e. The zero-order chi connectivity index (χ0) is 21.8. The molecule has 184 valence electrons. The number of likely N-dealkylation sites (N-methyl/N-ethyl adjacent to an activating group) is 3. The number of carboxylic acid groups (broad SMARTS) is 1. The van der Waals surface area contributed by atoms with E-state index in [4.69, 9.17) is 10.2 Å². The van der Waals surface area contributed by atoms with Gasteiger partial charge in [0.05, 0.1) is 77.9 Å². The number of phosphoric ester groups is 1. The Labute approximate surface area is 180 Å². The third-order valence-corrected chi connectivity index (χ3v) is 2.89. The van der Waals surface area contributed by atoms with Crippen molar-refractivity contribution in [1.29, 1.82) is 0 Å². The fourth-order valence-corrected chi connectivity index (χ4v) is 1.44. The van der Waals surface area contributed by atoms with Gasteiger partial charge in [0.2, 0.25) is 0 Å². The van der Waals surface area contributed by atoms with Crippen LogP contribution < -0.4 is 9.79 Å². The molecule has 0 aliphatic rings. The maximum absolute atomic E-state index is 10.00. The Hall–Kier alpha value is -0.580. The van der Waals surface area contributed by atoms with Crippen molar-refractivity contribution < 1.29 is 47.3 Å². The van der Waals surface area contributed by atoms with Gasteiger partial charge in [-0.15, -0.1) is 0 Å². The molecular weight excluding hydrogens is 398 g/mol. The number of phosphoric acid groups is 1. The largest absolute Gasteiger partial charge is 0.790 e. The van der Waals surface area contributed by atoms with E-state index in [1.54, 1.807) is 0 Å². The van der Waals surface area contributed by atoms with E-state index < -0.39 is 13.8 Å².